The van der Waals surface area contributed by atoms with Gasteiger partial charge in [-0.05, 0) is 45.8 Å². The molecule has 0 aromatic carbocycles. The average Bonchev–Trinajstić information content (AvgIpc) is 2.76. The number of esters is 1. The van der Waals surface area contributed by atoms with Crippen molar-refractivity contribution >= 4 is 5.97 Å². The lowest BCUT2D eigenvalue weighted by Gasteiger charge is -2.21. The summed E-state index contributed by atoms with van der Waals surface area (Å²) in [7, 11) is 1.44. The third kappa shape index (κ3) is 5.47. The highest BCUT2D eigenvalue weighted by Crippen LogP contribution is 2.07. The SMILES string of the molecule is COC(=O)CCCNC(C)CN1CCCC1. The Morgan fingerprint density at radius 2 is 2.12 bits per heavy atom. The molecule has 0 radical (unpaired) electrons. The van der Waals surface area contributed by atoms with Crippen molar-refractivity contribution in [2.75, 3.05) is 33.3 Å². The number of carbonyl (C=O) groups excluding carboxylic acids is 1. The minimum atomic E-state index is -0.117. The maximum atomic E-state index is 10.9. The van der Waals surface area contributed by atoms with Crippen molar-refractivity contribution in [2.45, 2.75) is 38.6 Å². The van der Waals surface area contributed by atoms with Gasteiger partial charge in [0.15, 0.2) is 0 Å². The highest BCUT2D eigenvalue weighted by Gasteiger charge is 2.13. The van der Waals surface area contributed by atoms with Crippen molar-refractivity contribution in [1.82, 2.24) is 10.2 Å². The van der Waals surface area contributed by atoms with E-state index >= 15 is 0 Å². The summed E-state index contributed by atoms with van der Waals surface area (Å²) in [6.45, 7) is 6.71. The predicted molar refractivity (Wildman–Crippen MR) is 64.4 cm³/mol. The average molecular weight is 228 g/mol. The van der Waals surface area contributed by atoms with Gasteiger partial charge in [-0.1, -0.05) is 0 Å². The molecule has 0 aromatic rings. The van der Waals surface area contributed by atoms with Gasteiger partial charge in [-0.25, -0.2) is 0 Å². The van der Waals surface area contributed by atoms with E-state index in [4.69, 9.17) is 0 Å². The molecule has 1 atom stereocenters. The molecule has 0 saturated carbocycles. The molecule has 4 nitrogen and oxygen atoms in total. The van der Waals surface area contributed by atoms with E-state index in [0.29, 0.717) is 12.5 Å². The molecule has 0 aliphatic carbocycles. The van der Waals surface area contributed by atoms with Crippen molar-refractivity contribution in [3.8, 4) is 0 Å². The van der Waals surface area contributed by atoms with Crippen LogP contribution in [0, 0.1) is 0 Å². The fraction of sp³-hybridized carbons (Fsp3) is 0.917. The lowest BCUT2D eigenvalue weighted by Crippen LogP contribution is -2.38. The van der Waals surface area contributed by atoms with Gasteiger partial charge in [0.2, 0.25) is 0 Å². The maximum Gasteiger partial charge on any atom is 0.305 e. The van der Waals surface area contributed by atoms with Crippen LogP contribution in [0.1, 0.15) is 32.6 Å². The summed E-state index contributed by atoms with van der Waals surface area (Å²) in [4.78, 5) is 13.4. The van der Waals surface area contributed by atoms with E-state index in [-0.39, 0.29) is 5.97 Å². The normalized spacial score (nSPS) is 18.6. The third-order valence-electron chi connectivity index (χ3n) is 3.01. The molecule has 0 amide bonds. The van der Waals surface area contributed by atoms with Crippen LogP contribution in [0.3, 0.4) is 0 Å². The predicted octanol–water partition coefficient (Wildman–Crippen LogP) is 1.01. The Hall–Kier alpha value is -0.610. The van der Waals surface area contributed by atoms with Gasteiger partial charge in [0, 0.05) is 19.0 Å². The quantitative estimate of drug-likeness (QED) is 0.522. The number of ether oxygens (including phenoxy) is 1. The second-order valence-corrected chi connectivity index (χ2v) is 4.54. The Morgan fingerprint density at radius 3 is 2.75 bits per heavy atom. The molecule has 1 fully saturated rings. The van der Waals surface area contributed by atoms with Gasteiger partial charge < -0.3 is 15.0 Å². The second-order valence-electron chi connectivity index (χ2n) is 4.54. The zero-order valence-corrected chi connectivity index (χ0v) is 10.5. The van der Waals surface area contributed by atoms with Crippen LogP contribution in [0.25, 0.3) is 0 Å². The summed E-state index contributed by atoms with van der Waals surface area (Å²) in [6, 6.07) is 0.510. The molecule has 1 unspecified atom stereocenters. The number of nitrogens with one attached hydrogen (secondary N) is 1. The zero-order chi connectivity index (χ0) is 11.8. The van der Waals surface area contributed by atoms with Crippen molar-refractivity contribution in [1.29, 1.82) is 0 Å². The molecule has 1 saturated heterocycles. The smallest absolute Gasteiger partial charge is 0.305 e. The molecule has 1 aliphatic heterocycles. The molecule has 1 aliphatic rings. The largest absolute Gasteiger partial charge is 0.469 e. The first-order valence-corrected chi connectivity index (χ1v) is 6.25. The van der Waals surface area contributed by atoms with Crippen molar-refractivity contribution in [3.05, 3.63) is 0 Å². The minimum Gasteiger partial charge on any atom is -0.469 e. The molecule has 1 N–H and O–H groups in total. The molecule has 4 heteroatoms. The van der Waals surface area contributed by atoms with Crippen LogP contribution in [-0.4, -0.2) is 50.2 Å². The summed E-state index contributed by atoms with van der Waals surface area (Å²) in [5, 5.41) is 3.44. The molecule has 94 valence electrons. The van der Waals surface area contributed by atoms with Crippen LogP contribution in [0.4, 0.5) is 0 Å². The van der Waals surface area contributed by atoms with Crippen LogP contribution in [0.15, 0.2) is 0 Å². The van der Waals surface area contributed by atoms with Gasteiger partial charge in [-0.2, -0.15) is 0 Å². The first-order chi connectivity index (χ1) is 7.72. The molecule has 1 heterocycles. The van der Waals surface area contributed by atoms with Gasteiger partial charge in [0.25, 0.3) is 0 Å². The van der Waals surface area contributed by atoms with Crippen LogP contribution in [-0.2, 0) is 9.53 Å². The van der Waals surface area contributed by atoms with E-state index in [1.54, 1.807) is 0 Å². The minimum absolute atomic E-state index is 0.117. The third-order valence-corrected chi connectivity index (χ3v) is 3.01. The highest BCUT2D eigenvalue weighted by atomic mass is 16.5. The molecular formula is C12H24N2O2. The van der Waals surface area contributed by atoms with E-state index in [1.165, 1.54) is 33.0 Å². The summed E-state index contributed by atoms with van der Waals surface area (Å²) in [6.07, 6.45) is 4.06. The number of hydrogen-bond acceptors (Lipinski definition) is 4. The number of carbonyl (C=O) groups is 1. The number of methoxy groups -OCH3 is 1. The fourth-order valence-corrected chi connectivity index (χ4v) is 2.10. The van der Waals surface area contributed by atoms with Gasteiger partial charge in [-0.3, -0.25) is 4.79 Å². The summed E-state index contributed by atoms with van der Waals surface area (Å²) < 4.78 is 4.59. The standard InChI is InChI=1S/C12H24N2O2/c1-11(10-14-8-3-4-9-14)13-7-5-6-12(15)16-2/h11,13H,3-10H2,1-2H3. The Labute approximate surface area is 98.3 Å². The van der Waals surface area contributed by atoms with Gasteiger partial charge >= 0.3 is 5.97 Å². The van der Waals surface area contributed by atoms with E-state index < -0.39 is 0 Å². The number of likely N-dealkylation sites (tertiary alicyclic amines) is 1. The first kappa shape index (κ1) is 13.5. The number of rotatable bonds is 7. The van der Waals surface area contributed by atoms with Crippen molar-refractivity contribution in [3.63, 3.8) is 0 Å². The highest BCUT2D eigenvalue weighted by molar-refractivity contribution is 5.69. The zero-order valence-electron chi connectivity index (χ0n) is 10.5. The lowest BCUT2D eigenvalue weighted by molar-refractivity contribution is -0.140. The molecule has 1 rings (SSSR count). The van der Waals surface area contributed by atoms with E-state index in [0.717, 1.165) is 19.5 Å². The van der Waals surface area contributed by atoms with Gasteiger partial charge in [-0.15, -0.1) is 0 Å². The summed E-state index contributed by atoms with van der Waals surface area (Å²) in [5.74, 6) is -0.117. The molecule has 16 heavy (non-hydrogen) atoms. The Kier molecular flexibility index (Phi) is 6.42. The maximum absolute atomic E-state index is 10.9. The molecular weight excluding hydrogens is 204 g/mol. The Balaban J connectivity index is 1.97. The van der Waals surface area contributed by atoms with Crippen LogP contribution >= 0.6 is 0 Å². The van der Waals surface area contributed by atoms with Crippen LogP contribution in [0.5, 0.6) is 0 Å². The monoisotopic (exact) mass is 228 g/mol. The van der Waals surface area contributed by atoms with Crippen molar-refractivity contribution < 1.29 is 9.53 Å². The fourth-order valence-electron chi connectivity index (χ4n) is 2.10. The van der Waals surface area contributed by atoms with Gasteiger partial charge in [0.1, 0.15) is 0 Å². The second kappa shape index (κ2) is 7.63. The molecule has 0 bridgehead atoms. The number of nitrogens with zero attached hydrogens (tertiary/aromatic N) is 1. The van der Waals surface area contributed by atoms with Gasteiger partial charge in [0.05, 0.1) is 7.11 Å². The topological polar surface area (TPSA) is 41.6 Å². The first-order valence-electron chi connectivity index (χ1n) is 6.25. The van der Waals surface area contributed by atoms with E-state index in [2.05, 4.69) is 21.9 Å². The number of hydrogen-bond donors (Lipinski definition) is 1. The van der Waals surface area contributed by atoms with Crippen molar-refractivity contribution in [2.24, 2.45) is 0 Å². The Bertz CT molecular complexity index is 203. The summed E-state index contributed by atoms with van der Waals surface area (Å²) >= 11 is 0. The molecule has 0 aromatic heterocycles. The Morgan fingerprint density at radius 1 is 1.44 bits per heavy atom. The molecule has 0 spiro atoms. The van der Waals surface area contributed by atoms with E-state index in [9.17, 15) is 4.79 Å². The van der Waals surface area contributed by atoms with Crippen LogP contribution in [0.2, 0.25) is 0 Å². The lowest BCUT2D eigenvalue weighted by atomic mass is 10.2. The summed E-state index contributed by atoms with van der Waals surface area (Å²) in [5.41, 5.74) is 0. The van der Waals surface area contributed by atoms with Crippen LogP contribution < -0.4 is 5.32 Å². The van der Waals surface area contributed by atoms with E-state index in [1.807, 2.05) is 0 Å².